The highest BCUT2D eigenvalue weighted by atomic mass is 32.1. The van der Waals surface area contributed by atoms with Crippen LogP contribution in [0.25, 0.3) is 10.2 Å². The van der Waals surface area contributed by atoms with E-state index in [0.717, 1.165) is 17.4 Å². The van der Waals surface area contributed by atoms with Gasteiger partial charge in [-0.05, 0) is 24.6 Å². The smallest absolute Gasteiger partial charge is 0.433 e. The van der Waals surface area contributed by atoms with E-state index < -0.39 is 29.3 Å². The third-order valence-electron chi connectivity index (χ3n) is 4.56. The van der Waals surface area contributed by atoms with Gasteiger partial charge in [-0.1, -0.05) is 0 Å². The summed E-state index contributed by atoms with van der Waals surface area (Å²) < 4.78 is 38.4. The first-order chi connectivity index (χ1) is 12.0. The van der Waals surface area contributed by atoms with Gasteiger partial charge >= 0.3 is 12.1 Å². The van der Waals surface area contributed by atoms with Gasteiger partial charge in [0.1, 0.15) is 10.5 Å². The zero-order valence-electron chi connectivity index (χ0n) is 13.6. The Kier molecular flexibility index (Phi) is 4.43. The second kappa shape index (κ2) is 6.20. The summed E-state index contributed by atoms with van der Waals surface area (Å²) in [6.45, 7) is 1.74. The molecule has 2 aromatic rings. The van der Waals surface area contributed by atoms with Crippen molar-refractivity contribution >= 4 is 33.4 Å². The monoisotopic (exact) mass is 388 g/mol. The van der Waals surface area contributed by atoms with Crippen LogP contribution in [0.3, 0.4) is 0 Å². The summed E-state index contributed by atoms with van der Waals surface area (Å²) in [5.41, 5.74) is -2.33. The molecule has 140 valence electrons. The molecule has 0 unspecified atom stereocenters. The normalized spacial score (nSPS) is 17.5. The van der Waals surface area contributed by atoms with E-state index >= 15 is 0 Å². The number of aryl methyl sites for hydroxylation is 1. The van der Waals surface area contributed by atoms with Gasteiger partial charge < -0.3 is 15.1 Å². The summed E-state index contributed by atoms with van der Waals surface area (Å²) in [6.07, 6.45) is -4.77. The van der Waals surface area contributed by atoms with E-state index in [1.807, 2.05) is 0 Å². The molecule has 10 heteroatoms. The molecule has 0 bridgehead atoms. The maximum absolute atomic E-state index is 12.8. The second-order valence-electron chi connectivity index (χ2n) is 6.23. The molecule has 6 nitrogen and oxygen atoms in total. The molecule has 2 aromatic heterocycles. The molecule has 3 heterocycles. The van der Waals surface area contributed by atoms with Crippen molar-refractivity contribution < 1.29 is 33.0 Å². The molecular weight excluding hydrogens is 373 g/mol. The Morgan fingerprint density at radius 1 is 1.27 bits per heavy atom. The van der Waals surface area contributed by atoms with Crippen molar-refractivity contribution in [2.24, 2.45) is 0 Å². The van der Waals surface area contributed by atoms with Crippen molar-refractivity contribution in [3.63, 3.8) is 0 Å². The predicted molar refractivity (Wildman–Crippen MR) is 87.1 cm³/mol. The molecule has 0 spiro atoms. The minimum absolute atomic E-state index is 0.0521. The van der Waals surface area contributed by atoms with E-state index in [9.17, 15) is 27.9 Å². The van der Waals surface area contributed by atoms with Crippen LogP contribution in [0.1, 0.15) is 33.8 Å². The number of amides is 1. The number of hydrogen-bond donors (Lipinski definition) is 2. The van der Waals surface area contributed by atoms with Crippen molar-refractivity contribution in [2.75, 3.05) is 13.1 Å². The molecule has 0 aromatic carbocycles. The van der Waals surface area contributed by atoms with E-state index in [4.69, 9.17) is 5.11 Å². The van der Waals surface area contributed by atoms with Crippen LogP contribution in [0.15, 0.2) is 12.1 Å². The van der Waals surface area contributed by atoms with Crippen molar-refractivity contribution in [3.05, 3.63) is 28.3 Å². The maximum Gasteiger partial charge on any atom is 0.433 e. The van der Waals surface area contributed by atoms with Crippen molar-refractivity contribution in [1.82, 2.24) is 9.88 Å². The van der Waals surface area contributed by atoms with E-state index in [0.29, 0.717) is 10.9 Å². The summed E-state index contributed by atoms with van der Waals surface area (Å²) in [7, 11) is 0. The number of halogens is 3. The van der Waals surface area contributed by atoms with Crippen LogP contribution in [0.4, 0.5) is 13.2 Å². The molecule has 1 fully saturated rings. The van der Waals surface area contributed by atoms with Gasteiger partial charge in [0.25, 0.3) is 5.91 Å². The fourth-order valence-corrected chi connectivity index (χ4v) is 4.05. The van der Waals surface area contributed by atoms with E-state index in [-0.39, 0.29) is 35.6 Å². The topological polar surface area (TPSA) is 90.7 Å². The van der Waals surface area contributed by atoms with Crippen LogP contribution < -0.4 is 0 Å². The summed E-state index contributed by atoms with van der Waals surface area (Å²) >= 11 is 0.881. The molecule has 1 aliphatic rings. The lowest BCUT2D eigenvalue weighted by Crippen LogP contribution is -2.50. The molecule has 1 aliphatic heterocycles. The van der Waals surface area contributed by atoms with Crippen molar-refractivity contribution in [1.29, 1.82) is 0 Å². The minimum Gasteiger partial charge on any atom is -0.479 e. The summed E-state index contributed by atoms with van der Waals surface area (Å²) in [4.78, 5) is 29.2. The number of nitrogens with zero attached hydrogens (tertiary/aromatic N) is 2. The number of carboxylic acid groups (broad SMARTS) is 1. The Hall–Kier alpha value is -2.20. The van der Waals surface area contributed by atoms with Crippen LogP contribution in [0, 0.1) is 6.92 Å². The third-order valence-corrected chi connectivity index (χ3v) is 5.75. The highest BCUT2D eigenvalue weighted by Gasteiger charge is 2.41. The molecule has 1 saturated heterocycles. The Morgan fingerprint density at radius 3 is 2.42 bits per heavy atom. The van der Waals surface area contributed by atoms with E-state index in [2.05, 4.69) is 4.98 Å². The molecule has 3 rings (SSSR count). The fraction of sp³-hybridized carbons (Fsp3) is 0.438. The van der Waals surface area contributed by atoms with Crippen LogP contribution in [-0.2, 0) is 11.0 Å². The van der Waals surface area contributed by atoms with Gasteiger partial charge in [-0.15, -0.1) is 11.3 Å². The third kappa shape index (κ3) is 3.14. The number of piperidine rings is 1. The van der Waals surface area contributed by atoms with Crippen LogP contribution in [0.2, 0.25) is 0 Å². The Morgan fingerprint density at radius 2 is 1.88 bits per heavy atom. The maximum atomic E-state index is 12.8. The first kappa shape index (κ1) is 18.6. The Balaban J connectivity index is 1.87. The number of carbonyl (C=O) groups is 2. The molecule has 2 N–H and O–H groups in total. The standard InChI is InChI=1S/C16H15F3N2O4S/c1-8-9-2-3-10(16(17,18)19)20-12(9)26-11(8)13(22)21-6-4-15(25,5-7-21)14(23)24/h2-3,25H,4-7H2,1H3,(H,23,24). The lowest BCUT2D eigenvalue weighted by atomic mass is 9.91. The highest BCUT2D eigenvalue weighted by Crippen LogP contribution is 2.35. The number of aliphatic carboxylic acids is 1. The zero-order valence-corrected chi connectivity index (χ0v) is 14.4. The van der Waals surface area contributed by atoms with E-state index in [1.165, 1.54) is 11.0 Å². The molecule has 0 aliphatic carbocycles. The molecule has 0 saturated carbocycles. The van der Waals surface area contributed by atoms with Gasteiger partial charge in [0.2, 0.25) is 0 Å². The number of pyridine rings is 1. The summed E-state index contributed by atoms with van der Waals surface area (Å²) in [6, 6.07) is 2.18. The summed E-state index contributed by atoms with van der Waals surface area (Å²) in [5.74, 6) is -1.72. The zero-order chi connectivity index (χ0) is 19.3. The predicted octanol–water partition coefficient (Wildman–Crippen LogP) is 2.68. The Labute approximate surface area is 149 Å². The van der Waals surface area contributed by atoms with Gasteiger partial charge in [0.15, 0.2) is 5.60 Å². The number of thiophene rings is 1. The number of fused-ring (bicyclic) bond motifs is 1. The average molecular weight is 388 g/mol. The number of aromatic nitrogens is 1. The largest absolute Gasteiger partial charge is 0.479 e. The van der Waals surface area contributed by atoms with Gasteiger partial charge in [0, 0.05) is 31.3 Å². The average Bonchev–Trinajstić information content (AvgIpc) is 2.90. The SMILES string of the molecule is Cc1c(C(=O)N2CCC(O)(C(=O)O)CC2)sc2nc(C(F)(F)F)ccc12. The number of likely N-dealkylation sites (tertiary alicyclic amines) is 1. The van der Waals surface area contributed by atoms with Crippen LogP contribution >= 0.6 is 11.3 Å². The van der Waals surface area contributed by atoms with Crippen molar-refractivity contribution in [3.8, 4) is 0 Å². The number of carboxylic acids is 1. The molecule has 0 radical (unpaired) electrons. The fourth-order valence-electron chi connectivity index (χ4n) is 2.90. The molecule has 26 heavy (non-hydrogen) atoms. The number of hydrogen-bond acceptors (Lipinski definition) is 5. The Bertz CT molecular complexity index is 885. The van der Waals surface area contributed by atoms with Gasteiger partial charge in [0.05, 0.1) is 4.88 Å². The van der Waals surface area contributed by atoms with Crippen molar-refractivity contribution in [2.45, 2.75) is 31.5 Å². The van der Waals surface area contributed by atoms with E-state index in [1.54, 1.807) is 6.92 Å². The quantitative estimate of drug-likeness (QED) is 0.826. The lowest BCUT2D eigenvalue weighted by Gasteiger charge is -2.35. The second-order valence-corrected chi connectivity index (χ2v) is 7.23. The first-order valence-electron chi connectivity index (χ1n) is 7.75. The molecule has 1 amide bonds. The highest BCUT2D eigenvalue weighted by molar-refractivity contribution is 7.20. The first-order valence-corrected chi connectivity index (χ1v) is 8.57. The molecular formula is C16H15F3N2O4S. The minimum atomic E-state index is -4.57. The summed E-state index contributed by atoms with van der Waals surface area (Å²) in [5, 5.41) is 19.4. The van der Waals surface area contributed by atoms with Gasteiger partial charge in [-0.25, -0.2) is 9.78 Å². The molecule has 0 atom stereocenters. The number of alkyl halides is 3. The van der Waals surface area contributed by atoms with Crippen LogP contribution in [0.5, 0.6) is 0 Å². The lowest BCUT2D eigenvalue weighted by molar-refractivity contribution is -0.162. The number of carbonyl (C=O) groups excluding carboxylic acids is 1. The number of rotatable bonds is 2. The van der Waals surface area contributed by atoms with Crippen LogP contribution in [-0.4, -0.2) is 50.7 Å². The number of aliphatic hydroxyl groups is 1. The van der Waals surface area contributed by atoms with Gasteiger partial charge in [-0.2, -0.15) is 13.2 Å². The van der Waals surface area contributed by atoms with Gasteiger partial charge in [-0.3, -0.25) is 4.79 Å².